The van der Waals surface area contributed by atoms with Crippen molar-refractivity contribution in [2.24, 2.45) is 5.73 Å². The first kappa shape index (κ1) is 13.5. The summed E-state index contributed by atoms with van der Waals surface area (Å²) in [7, 11) is 1.63. The molecule has 2 aromatic carbocycles. The van der Waals surface area contributed by atoms with E-state index in [9.17, 15) is 8.78 Å². The predicted molar refractivity (Wildman–Crippen MR) is 73.5 cm³/mol. The Balaban J connectivity index is 2.40. The van der Waals surface area contributed by atoms with Gasteiger partial charge in [-0.25, -0.2) is 8.78 Å². The monoisotopic (exact) mass is 262 g/mol. The average molecular weight is 262 g/mol. The number of benzene rings is 2. The summed E-state index contributed by atoms with van der Waals surface area (Å²) in [5.41, 5.74) is 7.06. The van der Waals surface area contributed by atoms with Crippen LogP contribution in [-0.2, 0) is 0 Å². The summed E-state index contributed by atoms with van der Waals surface area (Å²) in [5, 5.41) is 0. The van der Waals surface area contributed by atoms with Crippen molar-refractivity contribution in [2.75, 3.05) is 11.9 Å². The van der Waals surface area contributed by atoms with Crippen molar-refractivity contribution in [2.45, 2.75) is 13.0 Å². The Morgan fingerprint density at radius 3 is 2.21 bits per heavy atom. The van der Waals surface area contributed by atoms with Crippen molar-refractivity contribution in [3.8, 4) is 0 Å². The molecule has 2 nitrogen and oxygen atoms in total. The van der Waals surface area contributed by atoms with E-state index >= 15 is 0 Å². The van der Waals surface area contributed by atoms with Crippen molar-refractivity contribution in [3.05, 3.63) is 59.7 Å². The highest BCUT2D eigenvalue weighted by molar-refractivity contribution is 5.63. The minimum absolute atomic E-state index is 0.234. The van der Waals surface area contributed by atoms with Gasteiger partial charge in [-0.05, 0) is 36.8 Å². The van der Waals surface area contributed by atoms with Gasteiger partial charge in [0.25, 0.3) is 0 Å². The fourth-order valence-corrected chi connectivity index (χ4v) is 1.93. The molecule has 2 N–H and O–H groups in total. The minimum Gasteiger partial charge on any atom is -0.340 e. The third-order valence-corrected chi connectivity index (χ3v) is 3.07. The van der Waals surface area contributed by atoms with Crippen molar-refractivity contribution < 1.29 is 8.78 Å². The molecule has 4 heteroatoms. The van der Waals surface area contributed by atoms with E-state index < -0.39 is 5.82 Å². The van der Waals surface area contributed by atoms with Crippen LogP contribution in [0.4, 0.5) is 20.2 Å². The quantitative estimate of drug-likeness (QED) is 0.912. The van der Waals surface area contributed by atoms with Crippen LogP contribution in [-0.4, -0.2) is 7.05 Å². The normalized spacial score (nSPS) is 12.3. The fraction of sp³-hybridized carbons (Fsp3) is 0.200. The summed E-state index contributed by atoms with van der Waals surface area (Å²) in [6.07, 6.45) is 0. The number of hydrogen-bond donors (Lipinski definition) is 1. The Bertz CT molecular complexity index is 582. The van der Waals surface area contributed by atoms with Gasteiger partial charge in [0.2, 0.25) is 0 Å². The number of nitrogens with two attached hydrogens (primary N) is 1. The van der Waals surface area contributed by atoms with E-state index in [0.717, 1.165) is 0 Å². The molecule has 1 atom stereocenters. The lowest BCUT2D eigenvalue weighted by molar-refractivity contribution is 0.614. The zero-order chi connectivity index (χ0) is 14.0. The highest BCUT2D eigenvalue weighted by Gasteiger charge is 2.14. The van der Waals surface area contributed by atoms with Crippen LogP contribution >= 0.6 is 0 Å². The molecule has 0 aliphatic heterocycles. The van der Waals surface area contributed by atoms with E-state index in [-0.39, 0.29) is 11.9 Å². The van der Waals surface area contributed by atoms with Gasteiger partial charge in [-0.15, -0.1) is 0 Å². The van der Waals surface area contributed by atoms with E-state index in [1.807, 2.05) is 0 Å². The molecule has 0 spiro atoms. The second kappa shape index (κ2) is 5.36. The number of para-hydroxylation sites is 1. The minimum atomic E-state index is -0.416. The molecule has 100 valence electrons. The van der Waals surface area contributed by atoms with Gasteiger partial charge in [-0.2, -0.15) is 0 Å². The van der Waals surface area contributed by atoms with Gasteiger partial charge >= 0.3 is 0 Å². The molecule has 0 saturated carbocycles. The molecular formula is C15H16F2N2. The zero-order valence-corrected chi connectivity index (χ0v) is 10.9. The number of anilines is 2. The summed E-state index contributed by atoms with van der Waals surface area (Å²) < 4.78 is 27.7. The van der Waals surface area contributed by atoms with Crippen LogP contribution in [0.5, 0.6) is 0 Å². The van der Waals surface area contributed by atoms with E-state index in [1.165, 1.54) is 17.0 Å². The molecule has 2 aromatic rings. The predicted octanol–water partition coefficient (Wildman–Crippen LogP) is 3.75. The van der Waals surface area contributed by atoms with E-state index in [4.69, 9.17) is 5.73 Å². The third-order valence-electron chi connectivity index (χ3n) is 3.07. The molecule has 2 rings (SSSR count). The lowest BCUT2D eigenvalue weighted by Crippen LogP contribution is -2.14. The van der Waals surface area contributed by atoms with Gasteiger partial charge < -0.3 is 10.6 Å². The van der Waals surface area contributed by atoms with Crippen molar-refractivity contribution in [3.63, 3.8) is 0 Å². The second-order valence-electron chi connectivity index (χ2n) is 4.51. The smallest absolute Gasteiger partial charge is 0.147 e. The Kier molecular flexibility index (Phi) is 3.81. The molecular weight excluding hydrogens is 246 g/mol. The van der Waals surface area contributed by atoms with E-state index in [0.29, 0.717) is 16.9 Å². The van der Waals surface area contributed by atoms with Crippen LogP contribution in [0.3, 0.4) is 0 Å². The van der Waals surface area contributed by atoms with Crippen molar-refractivity contribution in [1.29, 1.82) is 0 Å². The topological polar surface area (TPSA) is 29.3 Å². The SMILES string of the molecule is CC(N)c1ccc(N(C)c2ccccc2F)c(F)c1. The lowest BCUT2D eigenvalue weighted by atomic mass is 10.1. The molecule has 0 saturated heterocycles. The van der Waals surface area contributed by atoms with Crippen LogP contribution in [0.25, 0.3) is 0 Å². The molecule has 0 fully saturated rings. The highest BCUT2D eigenvalue weighted by Crippen LogP contribution is 2.29. The average Bonchev–Trinajstić information content (AvgIpc) is 2.38. The van der Waals surface area contributed by atoms with Crippen LogP contribution in [0.2, 0.25) is 0 Å². The Morgan fingerprint density at radius 2 is 1.63 bits per heavy atom. The van der Waals surface area contributed by atoms with Gasteiger partial charge in [-0.1, -0.05) is 18.2 Å². The summed E-state index contributed by atoms with van der Waals surface area (Å²) in [6, 6.07) is 10.8. The third kappa shape index (κ3) is 2.74. The maximum absolute atomic E-state index is 14.1. The number of halogens is 2. The van der Waals surface area contributed by atoms with Crippen molar-refractivity contribution >= 4 is 11.4 Å². The molecule has 19 heavy (non-hydrogen) atoms. The van der Waals surface area contributed by atoms with Gasteiger partial charge in [0.15, 0.2) is 0 Å². The van der Waals surface area contributed by atoms with Gasteiger partial charge in [0, 0.05) is 13.1 Å². The zero-order valence-electron chi connectivity index (χ0n) is 10.9. The fourth-order valence-electron chi connectivity index (χ4n) is 1.93. The summed E-state index contributed by atoms with van der Waals surface area (Å²) in [4.78, 5) is 1.48. The lowest BCUT2D eigenvalue weighted by Gasteiger charge is -2.21. The molecule has 0 aliphatic rings. The van der Waals surface area contributed by atoms with Crippen LogP contribution in [0.15, 0.2) is 42.5 Å². The Hall–Kier alpha value is -1.94. The molecule has 0 aromatic heterocycles. The first-order valence-electron chi connectivity index (χ1n) is 6.04. The van der Waals surface area contributed by atoms with E-state index in [2.05, 4.69) is 0 Å². The molecule has 0 aliphatic carbocycles. The van der Waals surface area contributed by atoms with E-state index in [1.54, 1.807) is 44.3 Å². The number of nitrogens with zero attached hydrogens (tertiary/aromatic N) is 1. The second-order valence-corrected chi connectivity index (χ2v) is 4.51. The standard InChI is InChI=1S/C15H16F2N2/c1-10(18)11-7-8-15(13(17)9-11)19(2)14-6-4-3-5-12(14)16/h3-10H,18H2,1-2H3. The highest BCUT2D eigenvalue weighted by atomic mass is 19.1. The van der Waals surface area contributed by atoms with Gasteiger partial charge in [0.1, 0.15) is 11.6 Å². The first-order valence-corrected chi connectivity index (χ1v) is 6.04. The maximum atomic E-state index is 14.1. The molecule has 0 bridgehead atoms. The molecule has 0 radical (unpaired) electrons. The summed E-state index contributed by atoms with van der Waals surface area (Å²) >= 11 is 0. The van der Waals surface area contributed by atoms with Crippen molar-refractivity contribution in [1.82, 2.24) is 0 Å². The van der Waals surface area contributed by atoms with Gasteiger partial charge in [-0.3, -0.25) is 0 Å². The molecule has 1 unspecified atom stereocenters. The Morgan fingerprint density at radius 1 is 1.00 bits per heavy atom. The first-order chi connectivity index (χ1) is 9.00. The van der Waals surface area contributed by atoms with Crippen LogP contribution in [0.1, 0.15) is 18.5 Å². The molecule has 0 amide bonds. The maximum Gasteiger partial charge on any atom is 0.147 e. The van der Waals surface area contributed by atoms with Crippen LogP contribution in [0, 0.1) is 11.6 Å². The van der Waals surface area contributed by atoms with Gasteiger partial charge in [0.05, 0.1) is 11.4 Å². The largest absolute Gasteiger partial charge is 0.340 e. The number of hydrogen-bond acceptors (Lipinski definition) is 2. The van der Waals surface area contributed by atoms with Crippen LogP contribution < -0.4 is 10.6 Å². The summed E-state index contributed by atoms with van der Waals surface area (Å²) in [5.74, 6) is -0.804. The summed E-state index contributed by atoms with van der Waals surface area (Å²) in [6.45, 7) is 1.79. The molecule has 0 heterocycles. The number of rotatable bonds is 3. The Labute approximate surface area is 111 Å².